The van der Waals surface area contributed by atoms with Gasteiger partial charge in [0.25, 0.3) is 0 Å². The van der Waals surface area contributed by atoms with Crippen LogP contribution in [0.1, 0.15) is 42.6 Å². The predicted octanol–water partition coefficient (Wildman–Crippen LogP) is 3.10. The Labute approximate surface area is 206 Å². The number of hydrogen-bond donors (Lipinski definition) is 3. The lowest BCUT2D eigenvalue weighted by Gasteiger charge is -2.34. The molecule has 5 N–H and O–H groups in total. The molecule has 2 aliphatic rings. The first-order valence-corrected chi connectivity index (χ1v) is 11.7. The maximum Gasteiger partial charge on any atom is 0.419 e. The Morgan fingerprint density at radius 3 is 2.53 bits per heavy atom. The molecular formula is C24H28F4N8. The molecule has 2 fully saturated rings. The Morgan fingerprint density at radius 2 is 1.94 bits per heavy atom. The van der Waals surface area contributed by atoms with Crippen LogP contribution in [0.25, 0.3) is 11.3 Å². The molecular weight excluding hydrogens is 476 g/mol. The molecule has 4 rings (SSSR count). The van der Waals surface area contributed by atoms with Crippen LogP contribution in [-0.2, 0) is 6.18 Å². The number of piperidine rings is 1. The fraction of sp³-hybridized carbons (Fsp3) is 0.458. The molecule has 0 bridgehead atoms. The molecule has 0 saturated carbocycles. The summed E-state index contributed by atoms with van der Waals surface area (Å²) in [5.41, 5.74) is 11.4. The second-order valence-corrected chi connectivity index (χ2v) is 8.97. The van der Waals surface area contributed by atoms with Gasteiger partial charge in [-0.3, -0.25) is 4.99 Å². The van der Waals surface area contributed by atoms with Crippen molar-refractivity contribution < 1.29 is 17.6 Å². The van der Waals surface area contributed by atoms with E-state index in [1.165, 1.54) is 13.1 Å². The number of aliphatic imine (C=N–C) groups is 1. The first-order valence-electron chi connectivity index (χ1n) is 11.7. The minimum absolute atomic E-state index is 0.0358. The second-order valence-electron chi connectivity index (χ2n) is 8.97. The molecule has 3 heterocycles. The molecule has 8 nitrogen and oxygen atoms in total. The van der Waals surface area contributed by atoms with Gasteiger partial charge in [0, 0.05) is 50.4 Å². The number of hydrogen-bond acceptors (Lipinski definition) is 6. The standard InChI is InChI=1S/C24H28F4N8/c1-32-21(30)17(11-29)22(31)35-8-5-14(6-9-35)23-34-20(13-36(23)16-4-7-33-12-16)15-2-3-19(25)18(10-15)24(26,27)28/h2-3,10,13-14,16,33H,4-9,12,31H2,1H3,(H2,30,32). The summed E-state index contributed by atoms with van der Waals surface area (Å²) in [7, 11) is 1.49. The van der Waals surface area contributed by atoms with E-state index in [2.05, 4.69) is 10.3 Å². The average Bonchev–Trinajstić information content (AvgIpc) is 3.54. The monoisotopic (exact) mass is 504 g/mol. The Kier molecular flexibility index (Phi) is 7.21. The van der Waals surface area contributed by atoms with Gasteiger partial charge in [-0.25, -0.2) is 9.37 Å². The van der Waals surface area contributed by atoms with Crippen molar-refractivity contribution in [3.05, 3.63) is 53.0 Å². The summed E-state index contributed by atoms with van der Waals surface area (Å²) in [6.07, 6.45) is -0.801. The van der Waals surface area contributed by atoms with Gasteiger partial charge in [-0.2, -0.15) is 18.4 Å². The number of halogens is 4. The van der Waals surface area contributed by atoms with Crippen molar-refractivity contribution in [2.45, 2.75) is 37.4 Å². The largest absolute Gasteiger partial charge is 0.419 e. The van der Waals surface area contributed by atoms with Crippen molar-refractivity contribution in [2.24, 2.45) is 16.5 Å². The van der Waals surface area contributed by atoms with Crippen LogP contribution in [0, 0.1) is 17.1 Å². The van der Waals surface area contributed by atoms with Gasteiger partial charge < -0.3 is 26.3 Å². The molecule has 1 unspecified atom stereocenters. The minimum Gasteiger partial charge on any atom is -0.384 e. The van der Waals surface area contributed by atoms with E-state index >= 15 is 0 Å². The van der Waals surface area contributed by atoms with Gasteiger partial charge in [0.2, 0.25) is 0 Å². The molecule has 36 heavy (non-hydrogen) atoms. The van der Waals surface area contributed by atoms with Gasteiger partial charge in [0.15, 0.2) is 0 Å². The van der Waals surface area contributed by atoms with Crippen LogP contribution in [0.2, 0.25) is 0 Å². The molecule has 192 valence electrons. The van der Waals surface area contributed by atoms with Crippen LogP contribution >= 0.6 is 0 Å². The zero-order chi connectivity index (χ0) is 26.0. The van der Waals surface area contributed by atoms with Crippen LogP contribution < -0.4 is 16.8 Å². The lowest BCUT2D eigenvalue weighted by molar-refractivity contribution is -0.139. The van der Waals surface area contributed by atoms with E-state index in [-0.39, 0.29) is 34.8 Å². The van der Waals surface area contributed by atoms with Crippen LogP contribution in [0.15, 0.2) is 40.8 Å². The summed E-state index contributed by atoms with van der Waals surface area (Å²) in [6.45, 7) is 2.68. The Bertz CT molecular complexity index is 1210. The van der Waals surface area contributed by atoms with E-state index in [1.807, 2.05) is 15.5 Å². The van der Waals surface area contributed by atoms with E-state index in [0.717, 1.165) is 37.5 Å². The van der Waals surface area contributed by atoms with E-state index in [4.69, 9.17) is 16.5 Å². The average molecular weight is 505 g/mol. The molecule has 0 radical (unpaired) electrons. The number of nitriles is 1. The van der Waals surface area contributed by atoms with E-state index in [1.54, 1.807) is 6.20 Å². The third-order valence-electron chi connectivity index (χ3n) is 6.82. The molecule has 2 aromatic rings. The molecule has 2 saturated heterocycles. The van der Waals surface area contributed by atoms with Crippen molar-refractivity contribution in [2.75, 3.05) is 33.2 Å². The van der Waals surface area contributed by atoms with Crippen LogP contribution in [0.3, 0.4) is 0 Å². The lowest BCUT2D eigenvalue weighted by Crippen LogP contribution is -2.38. The first kappa shape index (κ1) is 25.5. The number of imidazole rings is 1. The molecule has 0 aliphatic carbocycles. The zero-order valence-corrected chi connectivity index (χ0v) is 19.8. The van der Waals surface area contributed by atoms with Crippen LogP contribution in [-0.4, -0.2) is 53.5 Å². The zero-order valence-electron chi connectivity index (χ0n) is 19.8. The fourth-order valence-electron chi connectivity index (χ4n) is 4.81. The third kappa shape index (κ3) is 5.02. The van der Waals surface area contributed by atoms with Gasteiger partial charge in [0.05, 0.1) is 11.3 Å². The van der Waals surface area contributed by atoms with Gasteiger partial charge in [-0.1, -0.05) is 0 Å². The number of likely N-dealkylation sites (tertiary alicyclic amines) is 1. The first-order chi connectivity index (χ1) is 17.1. The van der Waals surface area contributed by atoms with Crippen LogP contribution in [0.4, 0.5) is 17.6 Å². The van der Waals surface area contributed by atoms with E-state index < -0.39 is 17.6 Å². The van der Waals surface area contributed by atoms with Gasteiger partial charge in [-0.05, 0) is 44.0 Å². The molecule has 2 aliphatic heterocycles. The molecule has 12 heteroatoms. The molecule has 0 spiro atoms. The maximum absolute atomic E-state index is 13.9. The predicted molar refractivity (Wildman–Crippen MR) is 127 cm³/mol. The number of rotatable bonds is 5. The van der Waals surface area contributed by atoms with Crippen LogP contribution in [0.5, 0.6) is 0 Å². The highest BCUT2D eigenvalue weighted by molar-refractivity contribution is 6.00. The van der Waals surface area contributed by atoms with Crippen molar-refractivity contribution in [3.8, 4) is 17.3 Å². The Morgan fingerprint density at radius 1 is 1.22 bits per heavy atom. The number of amidine groups is 1. The summed E-state index contributed by atoms with van der Waals surface area (Å²) >= 11 is 0. The number of aromatic nitrogens is 2. The topological polar surface area (TPSA) is 121 Å². The molecule has 0 amide bonds. The normalized spacial score (nSPS) is 20.4. The Hall–Kier alpha value is -3.59. The van der Waals surface area contributed by atoms with E-state index in [0.29, 0.717) is 31.6 Å². The number of nitrogens with zero attached hydrogens (tertiary/aromatic N) is 5. The second kappa shape index (κ2) is 10.2. The van der Waals surface area contributed by atoms with E-state index in [9.17, 15) is 22.8 Å². The van der Waals surface area contributed by atoms with Crippen molar-refractivity contribution in [3.63, 3.8) is 0 Å². The lowest BCUT2D eigenvalue weighted by atomic mass is 9.95. The fourth-order valence-corrected chi connectivity index (χ4v) is 4.81. The number of nitrogens with one attached hydrogen (secondary N) is 1. The van der Waals surface area contributed by atoms with Crippen molar-refractivity contribution >= 4 is 5.84 Å². The number of nitrogens with two attached hydrogens (primary N) is 2. The molecule has 1 atom stereocenters. The van der Waals surface area contributed by atoms with Crippen molar-refractivity contribution in [1.29, 1.82) is 5.26 Å². The highest BCUT2D eigenvalue weighted by atomic mass is 19.4. The van der Waals surface area contributed by atoms with Gasteiger partial charge in [-0.15, -0.1) is 0 Å². The van der Waals surface area contributed by atoms with Gasteiger partial charge in [0.1, 0.15) is 34.9 Å². The third-order valence-corrected chi connectivity index (χ3v) is 6.82. The van der Waals surface area contributed by atoms with Crippen molar-refractivity contribution in [1.82, 2.24) is 19.8 Å². The summed E-state index contributed by atoms with van der Waals surface area (Å²) < 4.78 is 55.8. The van der Waals surface area contributed by atoms with Gasteiger partial charge >= 0.3 is 6.18 Å². The minimum atomic E-state index is -4.80. The quantitative estimate of drug-likeness (QED) is 0.249. The number of alkyl halides is 3. The summed E-state index contributed by atoms with van der Waals surface area (Å²) in [5, 5.41) is 12.7. The summed E-state index contributed by atoms with van der Waals surface area (Å²) in [6, 6.07) is 5.10. The smallest absolute Gasteiger partial charge is 0.384 e. The summed E-state index contributed by atoms with van der Waals surface area (Å²) in [5.74, 6) is -0.144. The molecule has 1 aromatic heterocycles. The summed E-state index contributed by atoms with van der Waals surface area (Å²) in [4.78, 5) is 10.5. The molecule has 1 aromatic carbocycles. The number of benzene rings is 1. The maximum atomic E-state index is 13.9. The highest BCUT2D eigenvalue weighted by Crippen LogP contribution is 2.37. The highest BCUT2D eigenvalue weighted by Gasteiger charge is 2.35. The Balaban J connectivity index is 1.63. The SMILES string of the molecule is CN=C(N)C(C#N)=C(N)N1CCC(c2nc(-c3ccc(F)c(C(F)(F)F)c3)cn2C2CCNC2)CC1.